The average molecular weight is 568 g/mol. The lowest BCUT2D eigenvalue weighted by molar-refractivity contribution is -0.120. The summed E-state index contributed by atoms with van der Waals surface area (Å²) >= 11 is 2.19. The molecule has 34 heavy (non-hydrogen) atoms. The van der Waals surface area contributed by atoms with Gasteiger partial charge in [-0.3, -0.25) is 4.79 Å². The van der Waals surface area contributed by atoms with Gasteiger partial charge in [0.2, 0.25) is 5.91 Å². The molecule has 0 aromatic heterocycles. The summed E-state index contributed by atoms with van der Waals surface area (Å²) < 4.78 is 25.5. The Hall–Kier alpha value is -3.46. The van der Waals surface area contributed by atoms with Gasteiger partial charge < -0.3 is 9.47 Å². The molecular formula is C27H22FIN2O3. The third-order valence-electron chi connectivity index (χ3n) is 5.13. The number of nitrogens with zero attached hydrogens (tertiary/aromatic N) is 1. The van der Waals surface area contributed by atoms with Crippen LogP contribution in [0.1, 0.15) is 16.7 Å². The van der Waals surface area contributed by atoms with Crippen molar-refractivity contribution in [2.24, 2.45) is 5.10 Å². The molecule has 0 unspecified atom stereocenters. The van der Waals surface area contributed by atoms with Crippen LogP contribution in [0.25, 0.3) is 10.8 Å². The second-order valence-electron chi connectivity index (χ2n) is 7.60. The molecule has 0 atom stereocenters. The van der Waals surface area contributed by atoms with E-state index in [0.29, 0.717) is 23.7 Å². The number of hydrazone groups is 1. The Bertz CT molecular complexity index is 1340. The van der Waals surface area contributed by atoms with Crippen LogP contribution in [0.4, 0.5) is 4.39 Å². The van der Waals surface area contributed by atoms with Crippen LogP contribution in [0.5, 0.6) is 11.5 Å². The number of ether oxygens (including phenoxy) is 2. The number of halogens is 2. The largest absolute Gasteiger partial charge is 0.493 e. The first-order valence-corrected chi connectivity index (χ1v) is 11.6. The summed E-state index contributed by atoms with van der Waals surface area (Å²) in [5, 5.41) is 6.38. The fraction of sp³-hybridized carbons (Fsp3) is 0.111. The Kier molecular flexibility index (Phi) is 7.74. The number of hydrogen-bond donors (Lipinski definition) is 1. The number of hydrogen-bond acceptors (Lipinski definition) is 4. The molecule has 172 valence electrons. The number of carbonyl (C=O) groups excluding carboxylic acids is 1. The molecule has 0 saturated heterocycles. The third kappa shape index (κ3) is 6.11. The number of rotatable bonds is 8. The van der Waals surface area contributed by atoms with Gasteiger partial charge in [-0.25, -0.2) is 9.82 Å². The van der Waals surface area contributed by atoms with Crippen molar-refractivity contribution in [3.8, 4) is 11.5 Å². The van der Waals surface area contributed by atoms with Crippen LogP contribution in [-0.4, -0.2) is 19.2 Å². The van der Waals surface area contributed by atoms with Crippen molar-refractivity contribution in [1.82, 2.24) is 5.43 Å². The van der Waals surface area contributed by atoms with Gasteiger partial charge in [0.05, 0.1) is 23.3 Å². The summed E-state index contributed by atoms with van der Waals surface area (Å²) in [6, 6.07) is 23.9. The van der Waals surface area contributed by atoms with E-state index < -0.39 is 0 Å². The molecule has 0 aliphatic heterocycles. The second-order valence-corrected chi connectivity index (χ2v) is 8.76. The van der Waals surface area contributed by atoms with Gasteiger partial charge in [-0.1, -0.05) is 48.5 Å². The molecule has 4 rings (SSSR count). The van der Waals surface area contributed by atoms with E-state index in [0.717, 1.165) is 14.7 Å². The fourth-order valence-electron chi connectivity index (χ4n) is 3.44. The Morgan fingerprint density at radius 2 is 1.74 bits per heavy atom. The normalized spacial score (nSPS) is 11.0. The molecule has 0 aliphatic carbocycles. The molecule has 0 heterocycles. The van der Waals surface area contributed by atoms with E-state index in [2.05, 4.69) is 63.4 Å². The van der Waals surface area contributed by atoms with E-state index in [1.54, 1.807) is 31.5 Å². The van der Waals surface area contributed by atoms with Gasteiger partial charge in [-0.2, -0.15) is 5.10 Å². The maximum absolute atomic E-state index is 13.0. The number of benzene rings is 4. The first-order chi connectivity index (χ1) is 16.5. The maximum atomic E-state index is 13.0. The zero-order chi connectivity index (χ0) is 23.9. The summed E-state index contributed by atoms with van der Waals surface area (Å²) in [6.45, 7) is 0.407. The monoisotopic (exact) mass is 568 g/mol. The SMILES string of the molecule is COc1cc(/C=N/NC(=O)Cc2ccc(F)cc2)cc(I)c1OCc1ccc2ccccc2c1. The molecule has 1 N–H and O–H groups in total. The van der Waals surface area contributed by atoms with E-state index in [9.17, 15) is 9.18 Å². The van der Waals surface area contributed by atoms with Crippen LogP contribution in [0.2, 0.25) is 0 Å². The van der Waals surface area contributed by atoms with E-state index in [1.165, 1.54) is 22.9 Å². The summed E-state index contributed by atoms with van der Waals surface area (Å²) in [5.74, 6) is 0.593. The molecule has 0 bridgehead atoms. The highest BCUT2D eigenvalue weighted by atomic mass is 127. The summed E-state index contributed by atoms with van der Waals surface area (Å²) in [7, 11) is 1.58. The molecule has 1 amide bonds. The van der Waals surface area contributed by atoms with Crippen molar-refractivity contribution in [3.63, 3.8) is 0 Å². The quantitative estimate of drug-likeness (QED) is 0.165. The lowest BCUT2D eigenvalue weighted by Gasteiger charge is -2.14. The standard InChI is InChI=1S/C27H22FIN2O3/c1-33-25-14-20(16-30-31-26(32)15-18-7-10-23(28)11-8-18)13-24(29)27(25)34-17-19-6-9-21-4-2-3-5-22(21)12-19/h2-14,16H,15,17H2,1H3,(H,31,32)/b30-16+. The van der Waals surface area contributed by atoms with Crippen molar-refractivity contribution < 1.29 is 18.7 Å². The smallest absolute Gasteiger partial charge is 0.244 e. The highest BCUT2D eigenvalue weighted by Crippen LogP contribution is 2.34. The molecule has 5 nitrogen and oxygen atoms in total. The highest BCUT2D eigenvalue weighted by molar-refractivity contribution is 14.1. The van der Waals surface area contributed by atoms with Gasteiger partial charge in [0.25, 0.3) is 0 Å². The Labute approximate surface area is 210 Å². The van der Waals surface area contributed by atoms with Gasteiger partial charge >= 0.3 is 0 Å². The number of fused-ring (bicyclic) bond motifs is 1. The minimum Gasteiger partial charge on any atom is -0.493 e. The van der Waals surface area contributed by atoms with Crippen molar-refractivity contribution in [3.05, 3.63) is 105 Å². The van der Waals surface area contributed by atoms with Crippen molar-refractivity contribution in [2.75, 3.05) is 7.11 Å². The zero-order valence-electron chi connectivity index (χ0n) is 18.4. The predicted molar refractivity (Wildman–Crippen MR) is 140 cm³/mol. The molecule has 7 heteroatoms. The van der Waals surface area contributed by atoms with Crippen molar-refractivity contribution in [1.29, 1.82) is 0 Å². The van der Waals surface area contributed by atoms with Crippen LogP contribution in [0.3, 0.4) is 0 Å². The van der Waals surface area contributed by atoms with Crippen LogP contribution in [0.15, 0.2) is 84.0 Å². The van der Waals surface area contributed by atoms with Crippen LogP contribution < -0.4 is 14.9 Å². The van der Waals surface area contributed by atoms with E-state index >= 15 is 0 Å². The van der Waals surface area contributed by atoms with Crippen molar-refractivity contribution in [2.45, 2.75) is 13.0 Å². The van der Waals surface area contributed by atoms with E-state index in [-0.39, 0.29) is 18.1 Å². The minimum atomic E-state index is -0.338. The van der Waals surface area contributed by atoms with Gasteiger partial charge in [0.1, 0.15) is 12.4 Å². The van der Waals surface area contributed by atoms with Gasteiger partial charge in [-0.15, -0.1) is 0 Å². The minimum absolute atomic E-state index is 0.111. The molecule has 0 fully saturated rings. The topological polar surface area (TPSA) is 59.9 Å². The highest BCUT2D eigenvalue weighted by Gasteiger charge is 2.12. The van der Waals surface area contributed by atoms with E-state index in [1.807, 2.05) is 18.2 Å². The average Bonchev–Trinajstić information content (AvgIpc) is 2.84. The molecular weight excluding hydrogens is 546 g/mol. The van der Waals surface area contributed by atoms with Gasteiger partial charge in [0.15, 0.2) is 11.5 Å². The number of nitrogens with one attached hydrogen (secondary N) is 1. The number of amides is 1. The van der Waals surface area contributed by atoms with Crippen LogP contribution >= 0.6 is 22.6 Å². The predicted octanol–water partition coefficient (Wildman–Crippen LogP) is 5.86. The maximum Gasteiger partial charge on any atom is 0.244 e. The second kappa shape index (κ2) is 11.1. The first kappa shape index (κ1) is 23.7. The molecule has 0 saturated carbocycles. The van der Waals surface area contributed by atoms with Crippen LogP contribution in [0, 0.1) is 9.39 Å². The summed E-state index contributed by atoms with van der Waals surface area (Å²) in [4.78, 5) is 12.1. The number of carbonyl (C=O) groups is 1. The fourth-order valence-corrected chi connectivity index (χ4v) is 4.23. The van der Waals surface area contributed by atoms with E-state index in [4.69, 9.17) is 9.47 Å². The molecule has 0 spiro atoms. The van der Waals surface area contributed by atoms with Gasteiger partial charge in [0, 0.05) is 0 Å². The molecule has 0 radical (unpaired) electrons. The third-order valence-corrected chi connectivity index (χ3v) is 5.93. The van der Waals surface area contributed by atoms with Crippen molar-refractivity contribution >= 4 is 45.5 Å². The van der Waals surface area contributed by atoms with Gasteiger partial charge in [-0.05, 0) is 80.4 Å². The first-order valence-electron chi connectivity index (χ1n) is 10.6. The lowest BCUT2D eigenvalue weighted by Crippen LogP contribution is -2.19. The molecule has 4 aromatic carbocycles. The zero-order valence-corrected chi connectivity index (χ0v) is 20.6. The number of methoxy groups -OCH3 is 1. The van der Waals surface area contributed by atoms with Crippen LogP contribution in [-0.2, 0) is 17.8 Å². The summed E-state index contributed by atoms with van der Waals surface area (Å²) in [6.07, 6.45) is 1.65. The lowest BCUT2D eigenvalue weighted by atomic mass is 10.1. The molecule has 0 aliphatic rings. The molecule has 4 aromatic rings. The summed E-state index contributed by atoms with van der Waals surface area (Å²) in [5.41, 5.74) is 5.01. The Morgan fingerprint density at radius 1 is 1.00 bits per heavy atom. The Morgan fingerprint density at radius 3 is 2.50 bits per heavy atom. The Balaban J connectivity index is 1.40.